The van der Waals surface area contributed by atoms with Gasteiger partial charge in [-0.15, -0.1) is 0 Å². The maximum Gasteiger partial charge on any atom is 0.243 e. The lowest BCUT2D eigenvalue weighted by atomic mass is 10.2. The molecule has 1 aliphatic rings. The lowest BCUT2D eigenvalue weighted by molar-refractivity contribution is 0.0730. The van der Waals surface area contributed by atoms with Gasteiger partial charge in [0.1, 0.15) is 0 Å². The van der Waals surface area contributed by atoms with E-state index in [1.54, 1.807) is 19.1 Å². The molecular weight excluding hydrogens is 328 g/mol. The molecule has 1 aromatic rings. The van der Waals surface area contributed by atoms with E-state index in [4.69, 9.17) is 4.74 Å². The Morgan fingerprint density at radius 2 is 1.68 bits per heavy atom. The number of benzene rings is 1. The fourth-order valence-corrected chi connectivity index (χ4v) is 4.01. The van der Waals surface area contributed by atoms with Crippen LogP contribution in [0.15, 0.2) is 29.2 Å². The molecule has 0 atom stereocenters. The first-order chi connectivity index (χ1) is 10.3. The van der Waals surface area contributed by atoms with Gasteiger partial charge in [0.25, 0.3) is 0 Å². The molecule has 2 rings (SSSR count). The van der Waals surface area contributed by atoms with Crippen LogP contribution in [0.5, 0.6) is 0 Å². The molecule has 0 saturated carbocycles. The standard InChI is InChI=1S/C13H20N2O5S2/c1-2-21(16,17)14-11-12-3-5-13(6-4-12)22(18,19)15-7-9-20-10-8-15/h3-6,14H,2,7-11H2,1H3. The van der Waals surface area contributed by atoms with Gasteiger partial charge in [-0.05, 0) is 24.6 Å². The highest BCUT2D eigenvalue weighted by Gasteiger charge is 2.26. The summed E-state index contributed by atoms with van der Waals surface area (Å²) in [6.07, 6.45) is 0. The second-order valence-electron chi connectivity index (χ2n) is 4.88. The second kappa shape index (κ2) is 7.05. The van der Waals surface area contributed by atoms with E-state index in [9.17, 15) is 16.8 Å². The first-order valence-corrected chi connectivity index (χ1v) is 10.1. The van der Waals surface area contributed by atoms with Crippen LogP contribution in [-0.2, 0) is 31.3 Å². The van der Waals surface area contributed by atoms with Crippen LogP contribution in [0.1, 0.15) is 12.5 Å². The smallest absolute Gasteiger partial charge is 0.243 e. The van der Waals surface area contributed by atoms with Gasteiger partial charge in [0.05, 0.1) is 23.9 Å². The Hall–Kier alpha value is -1.00. The molecule has 0 aromatic heterocycles. The molecule has 7 nitrogen and oxygen atoms in total. The van der Waals surface area contributed by atoms with Crippen LogP contribution in [-0.4, -0.2) is 53.2 Å². The Kier molecular flexibility index (Phi) is 5.56. The summed E-state index contributed by atoms with van der Waals surface area (Å²) in [6, 6.07) is 6.23. The number of nitrogens with zero attached hydrogens (tertiary/aromatic N) is 1. The summed E-state index contributed by atoms with van der Waals surface area (Å²) >= 11 is 0. The van der Waals surface area contributed by atoms with Crippen LogP contribution < -0.4 is 4.72 Å². The molecular formula is C13H20N2O5S2. The molecule has 0 radical (unpaired) electrons. The lowest BCUT2D eigenvalue weighted by Gasteiger charge is -2.26. The van der Waals surface area contributed by atoms with E-state index >= 15 is 0 Å². The highest BCUT2D eigenvalue weighted by Crippen LogP contribution is 2.17. The van der Waals surface area contributed by atoms with E-state index in [-0.39, 0.29) is 17.2 Å². The monoisotopic (exact) mass is 348 g/mol. The van der Waals surface area contributed by atoms with Crippen molar-refractivity contribution in [3.8, 4) is 0 Å². The summed E-state index contributed by atoms with van der Waals surface area (Å²) < 4.78 is 56.6. The van der Waals surface area contributed by atoms with Crippen molar-refractivity contribution >= 4 is 20.0 Å². The number of morpholine rings is 1. The van der Waals surface area contributed by atoms with Crippen LogP contribution in [0, 0.1) is 0 Å². The highest BCUT2D eigenvalue weighted by atomic mass is 32.2. The Bertz CT molecular complexity index is 692. The van der Waals surface area contributed by atoms with Crippen molar-refractivity contribution in [2.24, 2.45) is 0 Å². The van der Waals surface area contributed by atoms with Gasteiger partial charge in [-0.2, -0.15) is 4.31 Å². The molecule has 22 heavy (non-hydrogen) atoms. The molecule has 0 spiro atoms. The summed E-state index contributed by atoms with van der Waals surface area (Å²) in [5, 5.41) is 0. The normalized spacial score (nSPS) is 17.5. The maximum atomic E-state index is 12.4. The van der Waals surface area contributed by atoms with Crippen LogP contribution in [0.2, 0.25) is 0 Å². The van der Waals surface area contributed by atoms with E-state index in [0.29, 0.717) is 31.9 Å². The SMILES string of the molecule is CCS(=O)(=O)NCc1ccc(S(=O)(=O)N2CCOCC2)cc1. The third-order valence-electron chi connectivity index (χ3n) is 3.41. The van der Waals surface area contributed by atoms with Gasteiger partial charge in [-0.3, -0.25) is 0 Å². The minimum atomic E-state index is -3.51. The van der Waals surface area contributed by atoms with Crippen molar-refractivity contribution in [3.05, 3.63) is 29.8 Å². The summed E-state index contributed by atoms with van der Waals surface area (Å²) in [7, 11) is -6.78. The molecule has 1 aromatic carbocycles. The van der Waals surface area contributed by atoms with Gasteiger partial charge in [0, 0.05) is 19.6 Å². The Balaban J connectivity index is 2.08. The Morgan fingerprint density at radius 1 is 1.09 bits per heavy atom. The first kappa shape index (κ1) is 17.4. The Labute approximate surface area is 131 Å². The number of hydrogen-bond donors (Lipinski definition) is 1. The Morgan fingerprint density at radius 3 is 2.23 bits per heavy atom. The summed E-state index contributed by atoms with van der Waals surface area (Å²) in [5.74, 6) is 0.0104. The van der Waals surface area contributed by atoms with E-state index in [2.05, 4.69) is 4.72 Å². The number of rotatable bonds is 6. The van der Waals surface area contributed by atoms with Gasteiger partial charge in [-0.1, -0.05) is 12.1 Å². The van der Waals surface area contributed by atoms with Gasteiger partial charge in [0.2, 0.25) is 20.0 Å². The van der Waals surface area contributed by atoms with E-state index in [1.807, 2.05) is 0 Å². The fourth-order valence-electron chi connectivity index (χ4n) is 2.01. The number of hydrogen-bond acceptors (Lipinski definition) is 5. The number of ether oxygens (including phenoxy) is 1. The molecule has 124 valence electrons. The zero-order valence-corrected chi connectivity index (χ0v) is 14.0. The fraction of sp³-hybridized carbons (Fsp3) is 0.538. The van der Waals surface area contributed by atoms with E-state index in [0.717, 1.165) is 0 Å². The van der Waals surface area contributed by atoms with E-state index < -0.39 is 20.0 Å². The third kappa shape index (κ3) is 4.26. The van der Waals surface area contributed by atoms with Crippen LogP contribution >= 0.6 is 0 Å². The molecule has 1 fully saturated rings. The average molecular weight is 348 g/mol. The highest BCUT2D eigenvalue weighted by molar-refractivity contribution is 7.89. The second-order valence-corrected chi connectivity index (χ2v) is 8.92. The average Bonchev–Trinajstić information content (AvgIpc) is 2.54. The maximum absolute atomic E-state index is 12.4. The molecule has 9 heteroatoms. The van der Waals surface area contributed by atoms with Crippen LogP contribution in [0.25, 0.3) is 0 Å². The lowest BCUT2D eigenvalue weighted by Crippen LogP contribution is -2.40. The van der Waals surface area contributed by atoms with Crippen molar-refractivity contribution in [2.45, 2.75) is 18.4 Å². The summed E-state index contributed by atoms with van der Waals surface area (Å²) in [5.41, 5.74) is 0.706. The van der Waals surface area contributed by atoms with Crippen molar-refractivity contribution in [1.29, 1.82) is 0 Å². The molecule has 0 aliphatic carbocycles. The van der Waals surface area contributed by atoms with Gasteiger partial charge >= 0.3 is 0 Å². The largest absolute Gasteiger partial charge is 0.379 e. The van der Waals surface area contributed by atoms with E-state index in [1.165, 1.54) is 16.4 Å². The molecule has 0 bridgehead atoms. The van der Waals surface area contributed by atoms with Crippen molar-refractivity contribution in [1.82, 2.24) is 9.03 Å². The first-order valence-electron chi connectivity index (χ1n) is 6.99. The molecule has 1 N–H and O–H groups in total. The van der Waals surface area contributed by atoms with Crippen molar-refractivity contribution in [3.63, 3.8) is 0 Å². The summed E-state index contributed by atoms with van der Waals surface area (Å²) in [4.78, 5) is 0.205. The van der Waals surface area contributed by atoms with Crippen LogP contribution in [0.4, 0.5) is 0 Å². The van der Waals surface area contributed by atoms with Gasteiger partial charge in [-0.25, -0.2) is 21.6 Å². The molecule has 1 aliphatic heterocycles. The summed E-state index contributed by atoms with van der Waals surface area (Å²) in [6.45, 7) is 3.20. The topological polar surface area (TPSA) is 92.8 Å². The molecule has 1 heterocycles. The van der Waals surface area contributed by atoms with Gasteiger partial charge in [0.15, 0.2) is 0 Å². The van der Waals surface area contributed by atoms with Crippen molar-refractivity contribution in [2.75, 3.05) is 32.1 Å². The number of sulfonamides is 2. The predicted octanol–water partition coefficient (Wildman–Crippen LogP) is 0.147. The number of nitrogens with one attached hydrogen (secondary N) is 1. The molecule has 0 unspecified atom stereocenters. The molecule has 0 amide bonds. The van der Waals surface area contributed by atoms with Gasteiger partial charge < -0.3 is 4.74 Å². The third-order valence-corrected chi connectivity index (χ3v) is 6.66. The van der Waals surface area contributed by atoms with Crippen molar-refractivity contribution < 1.29 is 21.6 Å². The predicted molar refractivity (Wildman–Crippen MR) is 82.3 cm³/mol. The van der Waals surface area contributed by atoms with Crippen LogP contribution in [0.3, 0.4) is 0 Å². The zero-order chi connectivity index (χ0) is 16.2. The minimum Gasteiger partial charge on any atom is -0.379 e. The zero-order valence-electron chi connectivity index (χ0n) is 12.4. The minimum absolute atomic E-state index is 0.0104. The molecule has 1 saturated heterocycles. The quantitative estimate of drug-likeness (QED) is 0.790.